The van der Waals surface area contributed by atoms with E-state index in [1.165, 1.54) is 4.31 Å². The third kappa shape index (κ3) is 2.82. The van der Waals surface area contributed by atoms with E-state index in [0.717, 1.165) is 19.3 Å². The lowest BCUT2D eigenvalue weighted by Crippen LogP contribution is -2.39. The highest BCUT2D eigenvalue weighted by molar-refractivity contribution is 8.11. The summed E-state index contributed by atoms with van der Waals surface area (Å²) in [6.07, 6.45) is 2.92. The van der Waals surface area contributed by atoms with Gasteiger partial charge in [-0.15, -0.1) is 0 Å². The Morgan fingerprint density at radius 2 is 1.85 bits per heavy atom. The van der Waals surface area contributed by atoms with E-state index in [-0.39, 0.29) is 0 Å². The minimum absolute atomic E-state index is 0.304. The van der Waals surface area contributed by atoms with E-state index in [1.54, 1.807) is 0 Å². The van der Waals surface area contributed by atoms with Gasteiger partial charge < -0.3 is 0 Å². The molecule has 0 N–H and O–H groups in total. The lowest BCUT2D eigenvalue weighted by atomic mass is 9.79. The molecule has 1 fully saturated rings. The lowest BCUT2D eigenvalue weighted by Gasteiger charge is -2.36. The summed E-state index contributed by atoms with van der Waals surface area (Å²) in [5, 5.41) is 0. The normalized spacial score (nSPS) is 24.5. The fourth-order valence-corrected chi connectivity index (χ4v) is 2.63. The van der Waals surface area contributed by atoms with Gasteiger partial charge in [-0.1, -0.05) is 20.3 Å². The zero-order chi connectivity index (χ0) is 10.1. The predicted molar refractivity (Wildman–Crippen MR) is 54.0 cm³/mol. The number of halogens is 1. The first-order valence-electron chi connectivity index (χ1n) is 4.57. The van der Waals surface area contributed by atoms with E-state index in [2.05, 4.69) is 13.8 Å². The van der Waals surface area contributed by atoms with E-state index in [1.807, 2.05) is 0 Å². The van der Waals surface area contributed by atoms with Gasteiger partial charge in [0.15, 0.2) is 0 Å². The van der Waals surface area contributed by atoms with Crippen LogP contribution >= 0.6 is 10.7 Å². The Hall–Kier alpha value is 0.200. The van der Waals surface area contributed by atoms with Crippen molar-refractivity contribution in [1.82, 2.24) is 4.31 Å². The molecule has 1 aliphatic heterocycles. The smallest absolute Gasteiger partial charge is 0.195 e. The molecule has 1 aliphatic rings. The molecule has 13 heavy (non-hydrogen) atoms. The van der Waals surface area contributed by atoms with Gasteiger partial charge in [-0.2, -0.15) is 12.7 Å². The number of rotatable bonds is 2. The van der Waals surface area contributed by atoms with Crippen molar-refractivity contribution in [2.45, 2.75) is 33.1 Å². The summed E-state index contributed by atoms with van der Waals surface area (Å²) in [4.78, 5) is 0. The molecule has 1 heterocycles. The molecule has 0 aromatic heterocycles. The zero-order valence-corrected chi connectivity index (χ0v) is 9.66. The Morgan fingerprint density at radius 1 is 1.38 bits per heavy atom. The molecule has 0 unspecified atom stereocenters. The minimum atomic E-state index is -3.48. The first kappa shape index (κ1) is 11.3. The van der Waals surface area contributed by atoms with Gasteiger partial charge in [-0.05, 0) is 18.3 Å². The molecule has 0 amide bonds. The van der Waals surface area contributed by atoms with Crippen molar-refractivity contribution in [3.8, 4) is 0 Å². The highest BCUT2D eigenvalue weighted by atomic mass is 35.7. The largest absolute Gasteiger partial charge is 0.299 e. The average molecular weight is 226 g/mol. The molecule has 0 spiro atoms. The second-order valence-corrected chi connectivity index (χ2v) is 6.52. The molecular formula is C8H16ClNO2S. The summed E-state index contributed by atoms with van der Waals surface area (Å²) in [5.74, 6) is 0. The van der Waals surface area contributed by atoms with Gasteiger partial charge in [0.2, 0.25) is 0 Å². The van der Waals surface area contributed by atoms with E-state index in [4.69, 9.17) is 10.7 Å². The van der Waals surface area contributed by atoms with E-state index < -0.39 is 9.24 Å². The van der Waals surface area contributed by atoms with E-state index >= 15 is 0 Å². The van der Waals surface area contributed by atoms with E-state index in [9.17, 15) is 8.42 Å². The van der Waals surface area contributed by atoms with Crippen molar-refractivity contribution < 1.29 is 8.42 Å². The van der Waals surface area contributed by atoms with Crippen LogP contribution in [0, 0.1) is 5.41 Å². The first-order chi connectivity index (χ1) is 5.87. The monoisotopic (exact) mass is 225 g/mol. The van der Waals surface area contributed by atoms with Gasteiger partial charge in [0.05, 0.1) is 0 Å². The molecule has 78 valence electrons. The summed E-state index contributed by atoms with van der Waals surface area (Å²) in [6.45, 7) is 5.47. The van der Waals surface area contributed by atoms with Gasteiger partial charge in [0.25, 0.3) is 9.24 Å². The van der Waals surface area contributed by atoms with Gasteiger partial charge in [-0.3, -0.25) is 0 Å². The zero-order valence-electron chi connectivity index (χ0n) is 8.09. The van der Waals surface area contributed by atoms with Crippen LogP contribution in [0.2, 0.25) is 0 Å². The van der Waals surface area contributed by atoms with Crippen LogP contribution in [0.15, 0.2) is 0 Å². The Balaban J connectivity index is 2.58. The molecule has 0 saturated carbocycles. The molecule has 5 heteroatoms. The van der Waals surface area contributed by atoms with Crippen molar-refractivity contribution in [3.05, 3.63) is 0 Å². The molecule has 3 nitrogen and oxygen atoms in total. The fourth-order valence-electron chi connectivity index (χ4n) is 1.60. The molecule has 1 saturated heterocycles. The third-order valence-corrected chi connectivity index (χ3v) is 4.66. The van der Waals surface area contributed by atoms with Crippen molar-refractivity contribution in [3.63, 3.8) is 0 Å². The maximum Gasteiger partial charge on any atom is 0.299 e. The number of hydrogen-bond acceptors (Lipinski definition) is 2. The maximum absolute atomic E-state index is 11.0. The van der Waals surface area contributed by atoms with Crippen LogP contribution in [0.1, 0.15) is 33.1 Å². The van der Waals surface area contributed by atoms with Gasteiger partial charge in [0.1, 0.15) is 0 Å². The predicted octanol–water partition coefficient (Wildman–Crippen LogP) is 1.98. The molecule has 0 atom stereocenters. The standard InChI is InChI=1S/C8H16ClNO2S/c1-3-8(2)4-6-10(7-5-8)13(9,11)12/h3-7H2,1-2H3. The number of piperidine rings is 1. The van der Waals surface area contributed by atoms with Gasteiger partial charge in [-0.25, -0.2) is 0 Å². The number of nitrogens with zero attached hydrogens (tertiary/aromatic N) is 1. The highest BCUT2D eigenvalue weighted by Crippen LogP contribution is 2.35. The summed E-state index contributed by atoms with van der Waals surface area (Å²) in [6, 6.07) is 0. The minimum Gasteiger partial charge on any atom is -0.195 e. The summed E-state index contributed by atoms with van der Waals surface area (Å²) in [5.41, 5.74) is 0.304. The van der Waals surface area contributed by atoms with Crippen molar-refractivity contribution >= 4 is 19.9 Å². The third-order valence-electron chi connectivity index (χ3n) is 3.09. The fraction of sp³-hybridized carbons (Fsp3) is 1.00. The summed E-state index contributed by atoms with van der Waals surface area (Å²) < 4.78 is 23.3. The lowest BCUT2D eigenvalue weighted by molar-refractivity contribution is 0.170. The topological polar surface area (TPSA) is 37.4 Å². The molecule has 0 radical (unpaired) electrons. The van der Waals surface area contributed by atoms with E-state index in [0.29, 0.717) is 18.5 Å². The summed E-state index contributed by atoms with van der Waals surface area (Å²) in [7, 11) is 1.77. The summed E-state index contributed by atoms with van der Waals surface area (Å²) >= 11 is 0. The Bertz CT molecular complexity index is 268. The van der Waals surface area contributed by atoms with Crippen molar-refractivity contribution in [2.24, 2.45) is 5.41 Å². The van der Waals surface area contributed by atoms with Crippen LogP contribution < -0.4 is 0 Å². The second kappa shape index (κ2) is 3.75. The second-order valence-electron chi connectivity index (χ2n) is 4.01. The quantitative estimate of drug-likeness (QED) is 0.674. The van der Waals surface area contributed by atoms with Crippen molar-refractivity contribution in [1.29, 1.82) is 0 Å². The van der Waals surface area contributed by atoms with Crippen LogP contribution in [-0.4, -0.2) is 25.8 Å². The molecule has 0 aliphatic carbocycles. The van der Waals surface area contributed by atoms with Crippen molar-refractivity contribution in [2.75, 3.05) is 13.1 Å². The molecule has 0 aromatic carbocycles. The van der Waals surface area contributed by atoms with Crippen LogP contribution in [0.3, 0.4) is 0 Å². The van der Waals surface area contributed by atoms with Gasteiger partial charge >= 0.3 is 0 Å². The SMILES string of the molecule is CCC1(C)CCN(S(=O)(=O)Cl)CC1. The average Bonchev–Trinajstić information content (AvgIpc) is 2.04. The molecule has 1 rings (SSSR count). The molecule has 0 aromatic rings. The Kier molecular flexibility index (Phi) is 3.25. The molecular weight excluding hydrogens is 210 g/mol. The highest BCUT2D eigenvalue weighted by Gasteiger charge is 2.32. The first-order valence-corrected chi connectivity index (χ1v) is 6.84. The molecule has 0 bridgehead atoms. The Morgan fingerprint density at radius 3 is 2.15 bits per heavy atom. The maximum atomic E-state index is 11.0. The van der Waals surface area contributed by atoms with Crippen LogP contribution in [-0.2, 0) is 9.24 Å². The number of hydrogen-bond donors (Lipinski definition) is 0. The Labute approximate surface area is 84.6 Å². The van der Waals surface area contributed by atoms with Crippen LogP contribution in [0.5, 0.6) is 0 Å². The van der Waals surface area contributed by atoms with Gasteiger partial charge in [0, 0.05) is 23.8 Å². The van der Waals surface area contributed by atoms with Crippen LogP contribution in [0.4, 0.5) is 0 Å². The van der Waals surface area contributed by atoms with Crippen LogP contribution in [0.25, 0.3) is 0 Å².